The van der Waals surface area contributed by atoms with Crippen LogP contribution in [0.15, 0.2) is 42.5 Å². The molecule has 2 aromatic carbocycles. The smallest absolute Gasteiger partial charge is 0.120 e. The van der Waals surface area contributed by atoms with Gasteiger partial charge in [-0.2, -0.15) is 5.26 Å². The molecule has 0 saturated carbocycles. The van der Waals surface area contributed by atoms with Gasteiger partial charge in [-0.3, -0.25) is 0 Å². The van der Waals surface area contributed by atoms with Crippen molar-refractivity contribution < 1.29 is 9.47 Å². The number of nitrogens with zero attached hydrogens (tertiary/aromatic N) is 1. The van der Waals surface area contributed by atoms with Crippen LogP contribution in [0.4, 0.5) is 0 Å². The van der Waals surface area contributed by atoms with E-state index in [1.165, 1.54) is 0 Å². The van der Waals surface area contributed by atoms with Crippen molar-refractivity contribution in [3.63, 3.8) is 0 Å². The summed E-state index contributed by atoms with van der Waals surface area (Å²) in [6.45, 7) is 0. The van der Waals surface area contributed by atoms with E-state index in [-0.39, 0.29) is 0 Å². The number of nitriles is 1. The first-order chi connectivity index (χ1) is 8.76. The van der Waals surface area contributed by atoms with Gasteiger partial charge in [-0.05, 0) is 41.5 Å². The van der Waals surface area contributed by atoms with Gasteiger partial charge in [-0.25, -0.2) is 0 Å². The van der Waals surface area contributed by atoms with Crippen LogP contribution in [0.3, 0.4) is 0 Å². The quantitative estimate of drug-likeness (QED) is 0.825. The molecule has 0 bridgehead atoms. The Kier molecular flexibility index (Phi) is 3.49. The van der Waals surface area contributed by atoms with Crippen molar-refractivity contribution in [1.29, 1.82) is 5.26 Å². The van der Waals surface area contributed by atoms with Crippen molar-refractivity contribution >= 4 is 0 Å². The molecule has 0 aromatic heterocycles. The number of ether oxygens (including phenoxy) is 2. The molecule has 0 radical (unpaired) electrons. The summed E-state index contributed by atoms with van der Waals surface area (Å²) < 4.78 is 10.4. The van der Waals surface area contributed by atoms with Gasteiger partial charge in [0, 0.05) is 0 Å². The summed E-state index contributed by atoms with van der Waals surface area (Å²) in [6, 6.07) is 15.3. The van der Waals surface area contributed by atoms with Crippen molar-refractivity contribution in [2.75, 3.05) is 14.2 Å². The zero-order chi connectivity index (χ0) is 13.0. The predicted molar refractivity (Wildman–Crippen MR) is 69.7 cm³/mol. The first-order valence-corrected chi connectivity index (χ1v) is 5.50. The average molecular weight is 239 g/mol. The van der Waals surface area contributed by atoms with Gasteiger partial charge in [-0.15, -0.1) is 0 Å². The predicted octanol–water partition coefficient (Wildman–Crippen LogP) is 3.24. The molecule has 0 aliphatic carbocycles. The van der Waals surface area contributed by atoms with Crippen LogP contribution in [-0.2, 0) is 0 Å². The minimum absolute atomic E-state index is 0.576. The van der Waals surface area contributed by atoms with Crippen LogP contribution in [-0.4, -0.2) is 14.2 Å². The number of rotatable bonds is 3. The zero-order valence-electron chi connectivity index (χ0n) is 10.3. The molecular formula is C15H13NO2. The second kappa shape index (κ2) is 5.24. The van der Waals surface area contributed by atoms with Crippen LogP contribution >= 0.6 is 0 Å². The van der Waals surface area contributed by atoms with Crippen molar-refractivity contribution in [1.82, 2.24) is 0 Å². The number of benzene rings is 2. The normalized spacial score (nSPS) is 9.61. The van der Waals surface area contributed by atoms with Gasteiger partial charge in [0.15, 0.2) is 0 Å². The molecule has 90 valence electrons. The third-order valence-electron chi connectivity index (χ3n) is 2.67. The minimum atomic E-state index is 0.576. The molecule has 3 heteroatoms. The summed E-state index contributed by atoms with van der Waals surface area (Å²) in [6.07, 6.45) is 0. The van der Waals surface area contributed by atoms with Crippen LogP contribution in [0.25, 0.3) is 11.1 Å². The van der Waals surface area contributed by atoms with Gasteiger partial charge in [0.2, 0.25) is 0 Å². The monoisotopic (exact) mass is 239 g/mol. The van der Waals surface area contributed by atoms with Gasteiger partial charge < -0.3 is 9.47 Å². The van der Waals surface area contributed by atoms with Gasteiger partial charge in [-0.1, -0.05) is 12.1 Å². The highest BCUT2D eigenvalue weighted by atomic mass is 16.5. The number of hydrogen-bond donors (Lipinski definition) is 0. The molecule has 2 aromatic rings. The lowest BCUT2D eigenvalue weighted by molar-refractivity contribution is 0.414. The van der Waals surface area contributed by atoms with E-state index >= 15 is 0 Å². The molecule has 3 nitrogen and oxygen atoms in total. The van der Waals surface area contributed by atoms with Crippen LogP contribution < -0.4 is 9.47 Å². The first kappa shape index (κ1) is 12.0. The molecule has 0 spiro atoms. The van der Waals surface area contributed by atoms with Crippen molar-refractivity contribution in [3.8, 4) is 28.7 Å². The fourth-order valence-electron chi connectivity index (χ4n) is 1.75. The topological polar surface area (TPSA) is 42.2 Å². The van der Waals surface area contributed by atoms with Crippen molar-refractivity contribution in [3.05, 3.63) is 48.0 Å². The molecule has 0 heterocycles. The standard InChI is InChI=1S/C15H13NO2/c1-17-14-5-3-4-12(8-14)13-6-11(10-16)7-15(9-13)18-2/h3-9H,1-2H3. The van der Waals surface area contributed by atoms with E-state index in [4.69, 9.17) is 14.7 Å². The highest BCUT2D eigenvalue weighted by molar-refractivity contribution is 5.68. The Morgan fingerprint density at radius 3 is 2.28 bits per heavy atom. The molecular weight excluding hydrogens is 226 g/mol. The fraction of sp³-hybridized carbons (Fsp3) is 0.133. The summed E-state index contributed by atoms with van der Waals surface area (Å²) in [5.41, 5.74) is 2.50. The maximum Gasteiger partial charge on any atom is 0.120 e. The Labute approximate surface area is 106 Å². The van der Waals surface area contributed by atoms with Gasteiger partial charge >= 0.3 is 0 Å². The summed E-state index contributed by atoms with van der Waals surface area (Å²) in [7, 11) is 3.22. The SMILES string of the molecule is COc1cccc(-c2cc(C#N)cc(OC)c2)c1. The van der Waals surface area contributed by atoms with Crippen LogP contribution in [0.5, 0.6) is 11.5 Å². The lowest BCUT2D eigenvalue weighted by Gasteiger charge is -2.07. The molecule has 0 aliphatic rings. The summed E-state index contributed by atoms with van der Waals surface area (Å²) in [5, 5.41) is 9.00. The van der Waals surface area contributed by atoms with E-state index in [2.05, 4.69) is 6.07 Å². The Bertz CT molecular complexity index is 600. The summed E-state index contributed by atoms with van der Waals surface area (Å²) >= 11 is 0. The average Bonchev–Trinajstić information content (AvgIpc) is 2.46. The third kappa shape index (κ3) is 2.44. The molecule has 0 aliphatic heterocycles. The van der Waals surface area contributed by atoms with Crippen LogP contribution in [0.2, 0.25) is 0 Å². The second-order valence-electron chi connectivity index (χ2n) is 3.79. The number of methoxy groups -OCH3 is 2. The van der Waals surface area contributed by atoms with Gasteiger partial charge in [0.25, 0.3) is 0 Å². The Balaban J connectivity index is 2.52. The molecule has 18 heavy (non-hydrogen) atoms. The molecule has 0 fully saturated rings. The largest absolute Gasteiger partial charge is 0.497 e. The van der Waals surface area contributed by atoms with E-state index in [0.717, 1.165) is 16.9 Å². The lowest BCUT2D eigenvalue weighted by atomic mass is 10.0. The molecule has 0 unspecified atom stereocenters. The van der Waals surface area contributed by atoms with Gasteiger partial charge in [0.1, 0.15) is 11.5 Å². The zero-order valence-corrected chi connectivity index (χ0v) is 10.3. The molecule has 2 rings (SSSR count). The Hall–Kier alpha value is -2.47. The minimum Gasteiger partial charge on any atom is -0.497 e. The highest BCUT2D eigenvalue weighted by Crippen LogP contribution is 2.28. The van der Waals surface area contributed by atoms with E-state index in [9.17, 15) is 0 Å². The Morgan fingerprint density at radius 1 is 0.889 bits per heavy atom. The second-order valence-corrected chi connectivity index (χ2v) is 3.79. The molecule has 0 atom stereocenters. The van der Waals surface area contributed by atoms with E-state index < -0.39 is 0 Å². The number of hydrogen-bond acceptors (Lipinski definition) is 3. The summed E-state index contributed by atoms with van der Waals surface area (Å²) in [4.78, 5) is 0. The van der Waals surface area contributed by atoms with E-state index in [0.29, 0.717) is 11.3 Å². The van der Waals surface area contributed by atoms with E-state index in [1.807, 2.05) is 36.4 Å². The molecule has 0 N–H and O–H groups in total. The van der Waals surface area contributed by atoms with Crippen molar-refractivity contribution in [2.24, 2.45) is 0 Å². The Morgan fingerprint density at radius 2 is 1.61 bits per heavy atom. The molecule has 0 amide bonds. The third-order valence-corrected chi connectivity index (χ3v) is 2.67. The maximum atomic E-state index is 9.00. The van der Waals surface area contributed by atoms with Gasteiger partial charge in [0.05, 0.1) is 25.9 Å². The fourth-order valence-corrected chi connectivity index (χ4v) is 1.75. The first-order valence-electron chi connectivity index (χ1n) is 5.50. The van der Waals surface area contributed by atoms with E-state index in [1.54, 1.807) is 20.3 Å². The summed E-state index contributed by atoms with van der Waals surface area (Å²) in [5.74, 6) is 1.46. The van der Waals surface area contributed by atoms with Crippen molar-refractivity contribution in [2.45, 2.75) is 0 Å². The highest BCUT2D eigenvalue weighted by Gasteiger charge is 2.04. The maximum absolute atomic E-state index is 9.00. The van der Waals surface area contributed by atoms with Crippen LogP contribution in [0.1, 0.15) is 5.56 Å². The van der Waals surface area contributed by atoms with Crippen LogP contribution in [0, 0.1) is 11.3 Å². The molecule has 0 saturated heterocycles. The lowest BCUT2D eigenvalue weighted by Crippen LogP contribution is -1.88.